The van der Waals surface area contributed by atoms with Crippen LogP contribution in [-0.2, 0) is 25.1 Å². The van der Waals surface area contributed by atoms with E-state index in [1.54, 1.807) is 0 Å². The van der Waals surface area contributed by atoms with Crippen LogP contribution in [0.15, 0.2) is 18.2 Å². The molecule has 4 rings (SSSR count). The Labute approximate surface area is 203 Å². The fourth-order valence-electron chi connectivity index (χ4n) is 6.13. The Morgan fingerprint density at radius 3 is 2.48 bits per heavy atom. The first-order valence-electron chi connectivity index (χ1n) is 12.6. The number of para-hydroxylation sites is 1. The highest BCUT2D eigenvalue weighted by Gasteiger charge is 2.51. The molecule has 0 N–H and O–H groups in total. The summed E-state index contributed by atoms with van der Waals surface area (Å²) in [4.78, 5) is 2.67. The van der Waals surface area contributed by atoms with Gasteiger partial charge in [-0.1, -0.05) is 39.0 Å². The first-order valence-corrected chi connectivity index (χ1v) is 16.8. The van der Waals surface area contributed by atoms with Gasteiger partial charge in [0.1, 0.15) is 5.75 Å². The van der Waals surface area contributed by atoms with E-state index in [4.69, 9.17) is 8.61 Å². The summed E-state index contributed by atoms with van der Waals surface area (Å²) < 4.78 is 36.3. The highest BCUT2D eigenvalue weighted by molar-refractivity contribution is 7.86. The van der Waals surface area contributed by atoms with Crippen molar-refractivity contribution in [2.45, 2.75) is 89.3 Å². The van der Waals surface area contributed by atoms with Crippen molar-refractivity contribution in [3.05, 3.63) is 29.3 Å². The van der Waals surface area contributed by atoms with E-state index in [9.17, 15) is 8.42 Å². The summed E-state index contributed by atoms with van der Waals surface area (Å²) in [5, 5.41) is 0. The van der Waals surface area contributed by atoms with Gasteiger partial charge in [0.05, 0.1) is 12.4 Å². The minimum atomic E-state index is -3.49. The molecule has 0 spiro atoms. The van der Waals surface area contributed by atoms with Crippen LogP contribution in [-0.4, -0.2) is 54.4 Å². The van der Waals surface area contributed by atoms with Gasteiger partial charge in [0.2, 0.25) is 0 Å². The lowest BCUT2D eigenvalue weighted by atomic mass is 9.58. The quantitative estimate of drug-likeness (QED) is 0.391. The number of hydrogen-bond acceptors (Lipinski definition) is 5. The number of piperidine rings is 1. The monoisotopic (exact) mass is 492 g/mol. The summed E-state index contributed by atoms with van der Waals surface area (Å²) >= 11 is 0. The molecule has 0 amide bonds. The SMILES string of the molecule is C[Si](C)Oc1c(C(C)(C)C)cccc1C12CCN(CC3CC3)CC1CC[C@H](OS(C)(=O)=O)C2. The summed E-state index contributed by atoms with van der Waals surface area (Å²) in [6.45, 7) is 14.5. The maximum absolute atomic E-state index is 12.0. The van der Waals surface area contributed by atoms with Crippen molar-refractivity contribution in [2.75, 3.05) is 25.9 Å². The second-order valence-corrected chi connectivity index (χ2v) is 15.6. The van der Waals surface area contributed by atoms with E-state index >= 15 is 0 Å². The molecule has 185 valence electrons. The van der Waals surface area contributed by atoms with E-state index in [1.807, 2.05) is 0 Å². The molecule has 0 aromatic heterocycles. The van der Waals surface area contributed by atoms with Gasteiger partial charge in [-0.3, -0.25) is 4.18 Å². The Hall–Kier alpha value is -0.893. The number of hydrogen-bond donors (Lipinski definition) is 0. The molecule has 2 unspecified atom stereocenters. The maximum Gasteiger partial charge on any atom is 0.274 e. The smallest absolute Gasteiger partial charge is 0.274 e. The second kappa shape index (κ2) is 9.28. The number of rotatable bonds is 7. The number of fused-ring (bicyclic) bond motifs is 1. The Morgan fingerprint density at radius 1 is 1.15 bits per heavy atom. The van der Waals surface area contributed by atoms with Crippen molar-refractivity contribution in [3.63, 3.8) is 0 Å². The van der Waals surface area contributed by atoms with Crippen LogP contribution in [0.4, 0.5) is 0 Å². The lowest BCUT2D eigenvalue weighted by molar-refractivity contribution is 0.00620. The molecule has 3 fully saturated rings. The molecule has 7 heteroatoms. The predicted molar refractivity (Wildman–Crippen MR) is 136 cm³/mol. The summed E-state index contributed by atoms with van der Waals surface area (Å²) in [6, 6.07) is 6.66. The molecule has 1 radical (unpaired) electrons. The van der Waals surface area contributed by atoms with Crippen LogP contribution in [0, 0.1) is 11.8 Å². The third-order valence-electron chi connectivity index (χ3n) is 7.75. The van der Waals surface area contributed by atoms with Gasteiger partial charge in [0, 0.05) is 18.5 Å². The summed E-state index contributed by atoms with van der Waals surface area (Å²) in [5.41, 5.74) is 2.41. The lowest BCUT2D eigenvalue weighted by Crippen LogP contribution is -2.54. The third-order valence-corrected chi connectivity index (χ3v) is 8.99. The summed E-state index contributed by atoms with van der Waals surface area (Å²) in [6.07, 6.45) is 7.26. The fraction of sp³-hybridized carbons (Fsp3) is 0.769. The third kappa shape index (κ3) is 5.85. The summed E-state index contributed by atoms with van der Waals surface area (Å²) in [5.74, 6) is 2.44. The molecule has 1 aromatic rings. The van der Waals surface area contributed by atoms with Gasteiger partial charge < -0.3 is 9.33 Å². The van der Waals surface area contributed by atoms with Crippen LogP contribution in [0.25, 0.3) is 0 Å². The number of benzene rings is 1. The van der Waals surface area contributed by atoms with E-state index in [0.29, 0.717) is 5.92 Å². The topological polar surface area (TPSA) is 55.8 Å². The molecule has 1 aromatic carbocycles. The molecule has 5 nitrogen and oxygen atoms in total. The normalized spacial score (nSPS) is 29.2. The zero-order valence-corrected chi connectivity index (χ0v) is 23.1. The van der Waals surface area contributed by atoms with Gasteiger partial charge in [-0.05, 0) is 86.5 Å². The predicted octanol–water partition coefficient (Wildman–Crippen LogP) is 5.11. The van der Waals surface area contributed by atoms with E-state index in [-0.39, 0.29) is 16.9 Å². The average molecular weight is 493 g/mol. The maximum atomic E-state index is 12.0. The standard InChI is InChI=1S/C26H42NO4SSi/c1-25(2,3)22-8-7-9-23(24(22)31-33(5)6)26-14-15-27(17-19-10-11-19)18-20(26)12-13-21(16-26)30-32(4,28)29/h7-9,19-21H,10-18H2,1-6H3/t20?,21-,26?/m0/s1. The van der Waals surface area contributed by atoms with Crippen LogP contribution >= 0.6 is 0 Å². The van der Waals surface area contributed by atoms with Gasteiger partial charge in [-0.15, -0.1) is 0 Å². The Balaban J connectivity index is 1.77. The van der Waals surface area contributed by atoms with Gasteiger partial charge >= 0.3 is 0 Å². The summed E-state index contributed by atoms with van der Waals surface area (Å²) in [7, 11) is -4.45. The molecule has 0 bridgehead atoms. The minimum Gasteiger partial charge on any atom is -0.542 e. The molecule has 3 atom stereocenters. The molecular formula is C26H42NO4SSi. The molecule has 2 aliphatic carbocycles. The minimum absolute atomic E-state index is 0.0290. The van der Waals surface area contributed by atoms with E-state index in [0.717, 1.165) is 50.4 Å². The zero-order valence-electron chi connectivity index (χ0n) is 21.3. The lowest BCUT2D eigenvalue weighted by Gasteiger charge is -2.53. The average Bonchev–Trinajstić information content (AvgIpc) is 3.49. The molecular weight excluding hydrogens is 450 g/mol. The fourth-order valence-corrected chi connectivity index (χ4v) is 7.42. The van der Waals surface area contributed by atoms with Gasteiger partial charge in [0.15, 0.2) is 0 Å². The van der Waals surface area contributed by atoms with Crippen molar-refractivity contribution in [2.24, 2.45) is 11.8 Å². The molecule has 1 saturated heterocycles. The van der Waals surface area contributed by atoms with Crippen molar-refractivity contribution >= 4 is 19.2 Å². The molecule has 2 saturated carbocycles. The Kier molecular flexibility index (Phi) is 7.09. The number of likely N-dealkylation sites (tertiary alicyclic amines) is 1. The highest BCUT2D eigenvalue weighted by Crippen LogP contribution is 2.54. The van der Waals surface area contributed by atoms with Crippen LogP contribution in [0.5, 0.6) is 5.75 Å². The Bertz CT molecular complexity index is 954. The first-order chi connectivity index (χ1) is 15.4. The molecule has 1 aliphatic heterocycles. The second-order valence-electron chi connectivity index (χ2n) is 12.0. The van der Waals surface area contributed by atoms with Crippen molar-refractivity contribution in [3.8, 4) is 5.75 Å². The van der Waals surface area contributed by atoms with E-state index in [1.165, 1.54) is 36.8 Å². The van der Waals surface area contributed by atoms with Gasteiger partial charge in [-0.25, -0.2) is 0 Å². The van der Waals surface area contributed by atoms with Gasteiger partial charge in [-0.2, -0.15) is 8.42 Å². The van der Waals surface area contributed by atoms with E-state index < -0.39 is 19.2 Å². The van der Waals surface area contributed by atoms with Crippen LogP contribution in [0.1, 0.15) is 70.4 Å². The molecule has 3 aliphatic rings. The van der Waals surface area contributed by atoms with Crippen LogP contribution in [0.2, 0.25) is 13.1 Å². The molecule has 1 heterocycles. The number of nitrogens with zero attached hydrogens (tertiary/aromatic N) is 1. The molecule has 33 heavy (non-hydrogen) atoms. The zero-order chi connectivity index (χ0) is 24.0. The first kappa shape index (κ1) is 25.2. The Morgan fingerprint density at radius 2 is 1.88 bits per heavy atom. The highest BCUT2D eigenvalue weighted by atomic mass is 32.2. The van der Waals surface area contributed by atoms with Crippen molar-refractivity contribution < 1.29 is 17.0 Å². The van der Waals surface area contributed by atoms with Crippen molar-refractivity contribution in [1.82, 2.24) is 4.90 Å². The van der Waals surface area contributed by atoms with Crippen LogP contribution < -0.4 is 4.43 Å². The van der Waals surface area contributed by atoms with Crippen molar-refractivity contribution in [1.29, 1.82) is 0 Å². The largest absolute Gasteiger partial charge is 0.542 e. The van der Waals surface area contributed by atoms with Crippen LogP contribution in [0.3, 0.4) is 0 Å². The van der Waals surface area contributed by atoms with Gasteiger partial charge in [0.25, 0.3) is 19.2 Å². The van der Waals surface area contributed by atoms with E-state index in [2.05, 4.69) is 57.0 Å².